The van der Waals surface area contributed by atoms with Crippen LogP contribution in [0.3, 0.4) is 0 Å². The summed E-state index contributed by atoms with van der Waals surface area (Å²) >= 11 is 0. The molecule has 0 radical (unpaired) electrons. The minimum atomic E-state index is -0.729. The number of aliphatic hydroxyl groups excluding tert-OH is 1. The minimum Gasteiger partial charge on any atom is -0.394 e. The van der Waals surface area contributed by atoms with Crippen LogP contribution in [-0.2, 0) is 30.3 Å². The van der Waals surface area contributed by atoms with E-state index in [1.54, 1.807) is 0 Å². The van der Waals surface area contributed by atoms with E-state index in [-0.39, 0.29) is 12.5 Å². The average Bonchev–Trinajstić information content (AvgIpc) is 2.60. The molecule has 1 aliphatic rings. The number of aliphatic hydroxyl groups is 1. The number of hydrogen-bond acceptors (Lipinski definition) is 6. The molecule has 2 rings (SSSR count). The second-order valence-corrected chi connectivity index (χ2v) is 5.65. The van der Waals surface area contributed by atoms with Crippen molar-refractivity contribution >= 4 is 5.91 Å². The maximum atomic E-state index is 11.5. The van der Waals surface area contributed by atoms with Crippen molar-refractivity contribution in [2.75, 3.05) is 20.8 Å². The SMILES string of the molecule is CO[C@H]1O[C@@H](CO)[C@@H](OCc2ccccc2)[C@@H](OC)[C@H]1NC(C)=O. The highest BCUT2D eigenvalue weighted by Gasteiger charge is 2.47. The van der Waals surface area contributed by atoms with Crippen molar-refractivity contribution in [1.82, 2.24) is 5.32 Å². The molecule has 2 N–H and O–H groups in total. The lowest BCUT2D eigenvalue weighted by Crippen LogP contribution is -2.65. The Bertz CT molecular complexity index is 511. The molecule has 0 saturated carbocycles. The molecule has 0 unspecified atom stereocenters. The fourth-order valence-electron chi connectivity index (χ4n) is 2.89. The van der Waals surface area contributed by atoms with Crippen molar-refractivity contribution in [2.24, 2.45) is 0 Å². The molecule has 1 heterocycles. The molecular weight excluding hydrogens is 314 g/mol. The molecular formula is C17H25NO6. The standard InChI is InChI=1S/C17H25NO6/c1-11(20)18-14-16(21-2)15(13(9-19)24-17(14)22-3)23-10-12-7-5-4-6-8-12/h4-8,13-17,19H,9-10H2,1-3H3,(H,18,20)/t13-,14+,15+,16-,17-/m0/s1. The fourth-order valence-corrected chi connectivity index (χ4v) is 2.89. The van der Waals surface area contributed by atoms with Crippen LogP contribution in [0, 0.1) is 0 Å². The van der Waals surface area contributed by atoms with Crippen LogP contribution in [0.2, 0.25) is 0 Å². The fraction of sp³-hybridized carbons (Fsp3) is 0.588. The van der Waals surface area contributed by atoms with Crippen LogP contribution in [0.4, 0.5) is 0 Å². The molecule has 0 bridgehead atoms. The lowest BCUT2D eigenvalue weighted by Gasteiger charge is -2.45. The predicted molar refractivity (Wildman–Crippen MR) is 86.2 cm³/mol. The summed E-state index contributed by atoms with van der Waals surface area (Å²) in [6, 6.07) is 9.13. The third-order valence-corrected chi connectivity index (χ3v) is 3.99. The maximum Gasteiger partial charge on any atom is 0.217 e. The van der Waals surface area contributed by atoms with Gasteiger partial charge in [0.25, 0.3) is 0 Å². The first-order chi connectivity index (χ1) is 11.6. The van der Waals surface area contributed by atoms with E-state index in [0.29, 0.717) is 6.61 Å². The number of hydrogen-bond donors (Lipinski definition) is 2. The lowest BCUT2D eigenvalue weighted by molar-refractivity contribution is -0.276. The number of carbonyl (C=O) groups is 1. The van der Waals surface area contributed by atoms with Crippen molar-refractivity contribution in [2.45, 2.75) is 44.2 Å². The van der Waals surface area contributed by atoms with E-state index in [2.05, 4.69) is 5.32 Å². The first kappa shape index (κ1) is 18.8. The number of carbonyl (C=O) groups excluding carboxylic acids is 1. The van der Waals surface area contributed by atoms with Crippen LogP contribution in [0.25, 0.3) is 0 Å². The second kappa shape index (κ2) is 9.10. The van der Waals surface area contributed by atoms with Crippen LogP contribution in [0.15, 0.2) is 30.3 Å². The second-order valence-electron chi connectivity index (χ2n) is 5.65. The topological polar surface area (TPSA) is 86.2 Å². The van der Waals surface area contributed by atoms with Gasteiger partial charge in [-0.2, -0.15) is 0 Å². The highest BCUT2D eigenvalue weighted by atomic mass is 16.7. The number of rotatable bonds is 7. The van der Waals surface area contributed by atoms with Gasteiger partial charge in [0.15, 0.2) is 6.29 Å². The Labute approximate surface area is 141 Å². The zero-order valence-corrected chi connectivity index (χ0v) is 14.2. The molecule has 1 amide bonds. The minimum absolute atomic E-state index is 0.225. The van der Waals surface area contributed by atoms with Gasteiger partial charge < -0.3 is 29.4 Å². The van der Waals surface area contributed by atoms with Crippen LogP contribution in [-0.4, -0.2) is 62.5 Å². The molecule has 1 saturated heterocycles. The van der Waals surface area contributed by atoms with Crippen molar-refractivity contribution in [3.8, 4) is 0 Å². The Morgan fingerprint density at radius 2 is 1.92 bits per heavy atom. The van der Waals surface area contributed by atoms with Crippen molar-refractivity contribution in [3.63, 3.8) is 0 Å². The summed E-state index contributed by atoms with van der Waals surface area (Å²) in [4.78, 5) is 11.5. The Hall–Kier alpha value is -1.51. The van der Waals surface area contributed by atoms with Crippen molar-refractivity contribution in [1.29, 1.82) is 0 Å². The zero-order chi connectivity index (χ0) is 17.5. The smallest absolute Gasteiger partial charge is 0.217 e. The summed E-state index contributed by atoms with van der Waals surface area (Å²) in [5.41, 5.74) is 0.994. The van der Waals surface area contributed by atoms with Crippen molar-refractivity contribution in [3.05, 3.63) is 35.9 Å². The molecule has 5 atom stereocenters. The van der Waals surface area contributed by atoms with Gasteiger partial charge in [-0.15, -0.1) is 0 Å². The number of methoxy groups -OCH3 is 2. The summed E-state index contributed by atoms with van der Waals surface area (Å²) in [7, 11) is 3.01. The first-order valence-electron chi connectivity index (χ1n) is 7.85. The predicted octanol–water partition coefficient (Wildman–Crippen LogP) is 0.455. The lowest BCUT2D eigenvalue weighted by atomic mass is 9.96. The molecule has 1 aromatic rings. The van der Waals surface area contributed by atoms with E-state index < -0.39 is 30.6 Å². The van der Waals surface area contributed by atoms with Gasteiger partial charge in [0.1, 0.15) is 24.4 Å². The quantitative estimate of drug-likeness (QED) is 0.750. The third kappa shape index (κ3) is 4.52. The molecule has 0 aliphatic carbocycles. The Morgan fingerprint density at radius 3 is 2.46 bits per heavy atom. The highest BCUT2D eigenvalue weighted by Crippen LogP contribution is 2.27. The third-order valence-electron chi connectivity index (χ3n) is 3.99. The summed E-state index contributed by atoms with van der Waals surface area (Å²) in [5, 5.41) is 12.4. The van der Waals surface area contributed by atoms with Crippen molar-refractivity contribution < 1.29 is 28.8 Å². The molecule has 7 nitrogen and oxygen atoms in total. The largest absolute Gasteiger partial charge is 0.394 e. The van der Waals surface area contributed by atoms with Crippen LogP contribution >= 0.6 is 0 Å². The maximum absolute atomic E-state index is 11.5. The van der Waals surface area contributed by atoms with Crippen LogP contribution in [0.5, 0.6) is 0 Å². The molecule has 0 spiro atoms. The first-order valence-corrected chi connectivity index (χ1v) is 7.85. The van der Waals surface area contributed by atoms with E-state index in [4.69, 9.17) is 18.9 Å². The molecule has 1 aromatic carbocycles. The van der Waals surface area contributed by atoms with Gasteiger partial charge in [-0.3, -0.25) is 4.79 Å². The number of amides is 1. The van der Waals surface area contributed by atoms with E-state index in [9.17, 15) is 9.90 Å². The van der Waals surface area contributed by atoms with Crippen LogP contribution < -0.4 is 5.32 Å². The summed E-state index contributed by atoms with van der Waals surface area (Å²) < 4.78 is 22.6. The highest BCUT2D eigenvalue weighted by molar-refractivity contribution is 5.73. The number of benzene rings is 1. The molecule has 1 fully saturated rings. The molecule has 7 heteroatoms. The Kier molecular flexibility index (Phi) is 7.14. The van der Waals surface area contributed by atoms with Crippen LogP contribution in [0.1, 0.15) is 12.5 Å². The summed E-state index contributed by atoms with van der Waals surface area (Å²) in [5.74, 6) is -0.225. The Morgan fingerprint density at radius 1 is 1.21 bits per heavy atom. The summed E-state index contributed by atoms with van der Waals surface area (Å²) in [6.45, 7) is 1.51. The average molecular weight is 339 g/mol. The van der Waals surface area contributed by atoms with Gasteiger partial charge in [0.2, 0.25) is 5.91 Å². The normalized spacial score (nSPS) is 30.1. The zero-order valence-electron chi connectivity index (χ0n) is 14.2. The Balaban J connectivity index is 2.16. The van der Waals surface area contributed by atoms with Gasteiger partial charge in [-0.1, -0.05) is 30.3 Å². The number of ether oxygens (including phenoxy) is 4. The van der Waals surface area contributed by atoms with E-state index in [1.165, 1.54) is 21.1 Å². The van der Waals surface area contributed by atoms with E-state index in [1.807, 2.05) is 30.3 Å². The van der Waals surface area contributed by atoms with Gasteiger partial charge in [0, 0.05) is 21.1 Å². The van der Waals surface area contributed by atoms with Gasteiger partial charge in [-0.05, 0) is 5.56 Å². The van der Waals surface area contributed by atoms with Gasteiger partial charge in [0.05, 0.1) is 13.2 Å². The van der Waals surface area contributed by atoms with Gasteiger partial charge >= 0.3 is 0 Å². The number of nitrogens with one attached hydrogen (secondary N) is 1. The van der Waals surface area contributed by atoms with Gasteiger partial charge in [-0.25, -0.2) is 0 Å². The molecule has 0 aromatic heterocycles. The molecule has 1 aliphatic heterocycles. The van der Waals surface area contributed by atoms with E-state index in [0.717, 1.165) is 5.56 Å². The summed E-state index contributed by atoms with van der Waals surface area (Å²) in [6.07, 6.45) is -2.42. The van der Waals surface area contributed by atoms with E-state index >= 15 is 0 Å². The molecule has 24 heavy (non-hydrogen) atoms. The monoisotopic (exact) mass is 339 g/mol. The molecule has 134 valence electrons.